The Morgan fingerprint density at radius 1 is 1.37 bits per heavy atom. The smallest absolute Gasteiger partial charge is 0.231 e. The van der Waals surface area contributed by atoms with Crippen LogP contribution in [0.5, 0.6) is 5.75 Å². The van der Waals surface area contributed by atoms with Gasteiger partial charge in [0.25, 0.3) is 0 Å². The van der Waals surface area contributed by atoms with Crippen molar-refractivity contribution < 1.29 is 9.90 Å². The first kappa shape index (κ1) is 15.9. The van der Waals surface area contributed by atoms with Crippen LogP contribution in [0.4, 0.5) is 5.69 Å². The van der Waals surface area contributed by atoms with E-state index >= 15 is 0 Å². The van der Waals surface area contributed by atoms with Gasteiger partial charge in [-0.25, -0.2) is 0 Å². The second-order valence-corrected chi connectivity index (χ2v) is 6.54. The topological polar surface area (TPSA) is 61.4 Å². The molecule has 0 saturated heterocycles. The number of hydrogen-bond donors (Lipinski definition) is 3. The van der Waals surface area contributed by atoms with Crippen molar-refractivity contribution in [3.63, 3.8) is 0 Å². The number of benzene rings is 1. The summed E-state index contributed by atoms with van der Waals surface area (Å²) in [6, 6.07) is 3.44. The molecule has 4 nitrogen and oxygen atoms in total. The lowest BCUT2D eigenvalue weighted by atomic mass is 9.96. The van der Waals surface area contributed by atoms with Gasteiger partial charge in [-0.3, -0.25) is 4.79 Å². The molecule has 0 heterocycles. The van der Waals surface area contributed by atoms with Crippen LogP contribution in [0, 0.1) is 12.3 Å². The van der Waals surface area contributed by atoms with Crippen LogP contribution in [0.2, 0.25) is 0 Å². The van der Waals surface area contributed by atoms with E-state index in [9.17, 15) is 9.90 Å². The number of aromatic hydroxyl groups is 1. The maximum absolute atomic E-state index is 11.8. The lowest BCUT2D eigenvalue weighted by Gasteiger charge is -2.19. The van der Waals surface area contributed by atoms with E-state index in [-0.39, 0.29) is 16.8 Å². The number of halogens is 1. The summed E-state index contributed by atoms with van der Waals surface area (Å²) in [4.78, 5) is 11.8. The number of hydrogen-bond acceptors (Lipinski definition) is 3. The van der Waals surface area contributed by atoms with Crippen molar-refractivity contribution in [2.24, 2.45) is 5.41 Å². The molecule has 0 spiro atoms. The normalized spacial score (nSPS) is 11.0. The number of rotatable bonds is 1. The Bertz CT molecular complexity index is 501. The molecule has 3 N–H and O–H groups in total. The maximum atomic E-state index is 11.8. The second-order valence-electron chi connectivity index (χ2n) is 5.28. The molecular weight excluding hydrogens is 328 g/mol. The van der Waals surface area contributed by atoms with Gasteiger partial charge < -0.3 is 15.7 Å². The molecule has 0 unspecified atom stereocenters. The summed E-state index contributed by atoms with van der Waals surface area (Å²) < 4.78 is 0.569. The highest BCUT2D eigenvalue weighted by atomic mass is 79.9. The molecule has 0 aromatic heterocycles. The van der Waals surface area contributed by atoms with Crippen LogP contribution >= 0.6 is 28.1 Å². The molecular formula is C13H17BrN2O2S. The molecule has 0 saturated carbocycles. The Kier molecular flexibility index (Phi) is 4.92. The zero-order valence-electron chi connectivity index (χ0n) is 11.3. The van der Waals surface area contributed by atoms with Crippen LogP contribution in [0.1, 0.15) is 26.3 Å². The first-order chi connectivity index (χ1) is 8.61. The third-order valence-electron chi connectivity index (χ3n) is 2.42. The average Bonchev–Trinajstić information content (AvgIpc) is 2.24. The van der Waals surface area contributed by atoms with E-state index in [0.29, 0.717) is 15.7 Å². The summed E-state index contributed by atoms with van der Waals surface area (Å²) in [6.45, 7) is 7.22. The summed E-state index contributed by atoms with van der Waals surface area (Å²) in [5, 5.41) is 15.4. The minimum Gasteiger partial charge on any atom is -0.506 e. The standard InChI is InChI=1S/C13H17BrN2O2S/c1-7-5-8(6-9(14)10(7)17)15-12(19)16-11(18)13(2,3)4/h5-6,17H,1-4H3,(H2,15,16,18,19). The Balaban J connectivity index is 2.76. The molecule has 0 aliphatic heterocycles. The quantitative estimate of drug-likeness (QED) is 0.540. The molecule has 0 bridgehead atoms. The van der Waals surface area contributed by atoms with Gasteiger partial charge in [-0.15, -0.1) is 0 Å². The van der Waals surface area contributed by atoms with Gasteiger partial charge in [-0.1, -0.05) is 20.8 Å². The van der Waals surface area contributed by atoms with Crippen molar-refractivity contribution in [3.8, 4) is 5.75 Å². The molecule has 1 aromatic carbocycles. The molecule has 104 valence electrons. The van der Waals surface area contributed by atoms with Crippen molar-refractivity contribution >= 4 is 44.9 Å². The highest BCUT2D eigenvalue weighted by Crippen LogP contribution is 2.30. The van der Waals surface area contributed by atoms with Gasteiger partial charge in [0.15, 0.2) is 5.11 Å². The molecule has 0 fully saturated rings. The van der Waals surface area contributed by atoms with E-state index in [4.69, 9.17) is 12.2 Å². The summed E-state index contributed by atoms with van der Waals surface area (Å²) >= 11 is 8.33. The number of carbonyl (C=O) groups is 1. The zero-order valence-corrected chi connectivity index (χ0v) is 13.7. The predicted molar refractivity (Wildman–Crippen MR) is 84.4 cm³/mol. The van der Waals surface area contributed by atoms with Crippen LogP contribution in [-0.2, 0) is 4.79 Å². The van der Waals surface area contributed by atoms with Crippen LogP contribution in [-0.4, -0.2) is 16.1 Å². The van der Waals surface area contributed by atoms with Gasteiger partial charge in [-0.2, -0.15) is 0 Å². The number of carbonyl (C=O) groups excluding carboxylic acids is 1. The van der Waals surface area contributed by atoms with Crippen molar-refractivity contribution in [2.45, 2.75) is 27.7 Å². The lowest BCUT2D eigenvalue weighted by Crippen LogP contribution is -2.41. The summed E-state index contributed by atoms with van der Waals surface area (Å²) in [7, 11) is 0. The first-order valence-electron chi connectivity index (χ1n) is 5.73. The number of thiocarbonyl (C=S) groups is 1. The van der Waals surface area contributed by atoms with E-state index in [2.05, 4.69) is 26.6 Å². The zero-order chi connectivity index (χ0) is 14.8. The molecule has 0 aliphatic rings. The Morgan fingerprint density at radius 2 is 1.95 bits per heavy atom. The van der Waals surface area contributed by atoms with Crippen molar-refractivity contribution in [2.75, 3.05) is 5.32 Å². The highest BCUT2D eigenvalue weighted by Gasteiger charge is 2.22. The van der Waals surface area contributed by atoms with Gasteiger partial charge in [0.05, 0.1) is 4.47 Å². The van der Waals surface area contributed by atoms with Crippen LogP contribution in [0.15, 0.2) is 16.6 Å². The van der Waals surface area contributed by atoms with E-state index in [1.807, 2.05) is 20.8 Å². The van der Waals surface area contributed by atoms with Gasteiger partial charge in [0.1, 0.15) is 5.75 Å². The van der Waals surface area contributed by atoms with Gasteiger partial charge >= 0.3 is 0 Å². The molecule has 6 heteroatoms. The maximum Gasteiger partial charge on any atom is 0.231 e. The van der Waals surface area contributed by atoms with Gasteiger partial charge in [-0.05, 0) is 52.8 Å². The fourth-order valence-electron chi connectivity index (χ4n) is 1.26. The Morgan fingerprint density at radius 3 is 2.42 bits per heavy atom. The number of aryl methyl sites for hydroxylation is 1. The molecule has 19 heavy (non-hydrogen) atoms. The van der Waals surface area contributed by atoms with Crippen molar-refractivity contribution in [1.29, 1.82) is 0 Å². The SMILES string of the molecule is Cc1cc(NC(=S)NC(=O)C(C)(C)C)cc(Br)c1O. The minimum absolute atomic E-state index is 0.153. The number of amides is 1. The Hall–Kier alpha value is -1.14. The van der Waals surface area contributed by atoms with Crippen LogP contribution < -0.4 is 10.6 Å². The van der Waals surface area contributed by atoms with E-state index in [1.54, 1.807) is 19.1 Å². The Labute approximate surface area is 126 Å². The number of phenols is 1. The largest absolute Gasteiger partial charge is 0.506 e. The fraction of sp³-hybridized carbons (Fsp3) is 0.385. The molecule has 1 aromatic rings. The summed E-state index contributed by atoms with van der Waals surface area (Å²) in [5.74, 6) is 0.0368. The van der Waals surface area contributed by atoms with E-state index < -0.39 is 5.41 Å². The summed E-state index contributed by atoms with van der Waals surface area (Å²) in [5.41, 5.74) is 0.903. The monoisotopic (exact) mass is 344 g/mol. The molecule has 0 aliphatic carbocycles. The van der Waals surface area contributed by atoms with Crippen LogP contribution in [0.3, 0.4) is 0 Å². The highest BCUT2D eigenvalue weighted by molar-refractivity contribution is 9.10. The summed E-state index contributed by atoms with van der Waals surface area (Å²) in [6.07, 6.45) is 0. The first-order valence-corrected chi connectivity index (χ1v) is 6.93. The number of anilines is 1. The number of phenolic OH excluding ortho intramolecular Hbond substituents is 1. The molecule has 1 rings (SSSR count). The average molecular weight is 345 g/mol. The third-order valence-corrected chi connectivity index (χ3v) is 3.23. The number of nitrogens with one attached hydrogen (secondary N) is 2. The van der Waals surface area contributed by atoms with E-state index in [1.165, 1.54) is 0 Å². The van der Waals surface area contributed by atoms with Crippen molar-refractivity contribution in [1.82, 2.24) is 5.32 Å². The minimum atomic E-state index is -0.503. The van der Waals surface area contributed by atoms with Gasteiger partial charge in [0, 0.05) is 11.1 Å². The van der Waals surface area contributed by atoms with E-state index in [0.717, 1.165) is 0 Å². The van der Waals surface area contributed by atoms with Gasteiger partial charge in [0.2, 0.25) is 5.91 Å². The lowest BCUT2D eigenvalue weighted by molar-refractivity contribution is -0.126. The fourth-order valence-corrected chi connectivity index (χ4v) is 2.03. The van der Waals surface area contributed by atoms with Crippen LogP contribution in [0.25, 0.3) is 0 Å². The third kappa shape index (κ3) is 4.47. The molecule has 1 amide bonds. The molecule has 0 atom stereocenters. The predicted octanol–water partition coefficient (Wildman–Crippen LogP) is 3.32. The molecule has 0 radical (unpaired) electrons. The second kappa shape index (κ2) is 5.88. The van der Waals surface area contributed by atoms with Crippen molar-refractivity contribution in [3.05, 3.63) is 22.2 Å².